The van der Waals surface area contributed by atoms with Crippen molar-refractivity contribution in [1.29, 1.82) is 0 Å². The van der Waals surface area contributed by atoms with E-state index in [-0.39, 0.29) is 35.1 Å². The van der Waals surface area contributed by atoms with Crippen LogP contribution in [0.5, 0.6) is 0 Å². The Bertz CT molecular complexity index is 1140. The predicted molar refractivity (Wildman–Crippen MR) is 108 cm³/mol. The summed E-state index contributed by atoms with van der Waals surface area (Å²) in [7, 11) is 1.67. The number of nitrogens with one attached hydrogen (secondary N) is 2. The fourth-order valence-corrected chi connectivity index (χ4v) is 3.39. The largest absolute Gasteiger partial charge is 0.349 e. The topological polar surface area (TPSA) is 85.1 Å². The second-order valence-corrected chi connectivity index (χ2v) is 7.31. The van der Waals surface area contributed by atoms with E-state index in [1.807, 2.05) is 18.2 Å². The van der Waals surface area contributed by atoms with Crippen LogP contribution < -0.4 is 16.3 Å². The second-order valence-electron chi connectivity index (χ2n) is 6.91. The maximum absolute atomic E-state index is 12.5. The third-order valence-electron chi connectivity index (χ3n) is 4.76. The number of imidazole rings is 1. The van der Waals surface area contributed by atoms with Gasteiger partial charge in [-0.25, -0.2) is 4.79 Å². The molecular formula is C20H19ClN4O3. The van der Waals surface area contributed by atoms with Crippen molar-refractivity contribution in [2.24, 2.45) is 7.05 Å². The van der Waals surface area contributed by atoms with Gasteiger partial charge in [0.2, 0.25) is 5.91 Å². The predicted octanol–water partition coefficient (Wildman–Crippen LogP) is 2.52. The molecule has 1 aliphatic rings. The molecule has 2 aromatic carbocycles. The fraction of sp³-hybridized carbons (Fsp3) is 0.250. The summed E-state index contributed by atoms with van der Waals surface area (Å²) in [5.74, 6) is -0.572. The molecule has 0 aliphatic heterocycles. The summed E-state index contributed by atoms with van der Waals surface area (Å²) in [6, 6.07) is 12.3. The highest BCUT2D eigenvalue weighted by Gasteiger charge is 2.24. The zero-order chi connectivity index (χ0) is 19.8. The van der Waals surface area contributed by atoms with Gasteiger partial charge in [-0.15, -0.1) is 0 Å². The van der Waals surface area contributed by atoms with Crippen LogP contribution in [-0.2, 0) is 18.4 Å². The van der Waals surface area contributed by atoms with Crippen molar-refractivity contribution in [2.45, 2.75) is 25.4 Å². The van der Waals surface area contributed by atoms with E-state index < -0.39 is 0 Å². The Morgan fingerprint density at radius 3 is 2.54 bits per heavy atom. The van der Waals surface area contributed by atoms with Gasteiger partial charge in [-0.05, 0) is 43.2 Å². The zero-order valence-electron chi connectivity index (χ0n) is 15.2. The van der Waals surface area contributed by atoms with Gasteiger partial charge in [0.1, 0.15) is 6.54 Å². The molecule has 4 rings (SSSR count). The molecule has 1 aromatic heterocycles. The molecule has 28 heavy (non-hydrogen) atoms. The van der Waals surface area contributed by atoms with E-state index in [0.29, 0.717) is 16.8 Å². The number of aromatic nitrogens is 2. The van der Waals surface area contributed by atoms with Gasteiger partial charge in [-0.2, -0.15) is 0 Å². The number of anilines is 1. The van der Waals surface area contributed by atoms with Crippen LogP contribution in [0.3, 0.4) is 0 Å². The van der Waals surface area contributed by atoms with Gasteiger partial charge in [0.05, 0.1) is 21.6 Å². The molecule has 2 N–H and O–H groups in total. The average Bonchev–Trinajstić information content (AvgIpc) is 3.45. The number of fused-ring (bicyclic) bond motifs is 1. The van der Waals surface area contributed by atoms with Gasteiger partial charge in [0.15, 0.2) is 0 Å². The smallest absolute Gasteiger partial charge is 0.329 e. The summed E-state index contributed by atoms with van der Waals surface area (Å²) >= 11 is 6.21. The molecule has 1 heterocycles. The first-order valence-corrected chi connectivity index (χ1v) is 9.36. The number of hydrogen-bond acceptors (Lipinski definition) is 3. The first-order chi connectivity index (χ1) is 13.4. The van der Waals surface area contributed by atoms with Crippen LogP contribution in [0.1, 0.15) is 23.2 Å². The number of hydrogen-bond donors (Lipinski definition) is 2. The Balaban J connectivity index is 1.50. The highest BCUT2D eigenvalue weighted by molar-refractivity contribution is 6.34. The second kappa shape index (κ2) is 7.16. The van der Waals surface area contributed by atoms with E-state index in [9.17, 15) is 14.4 Å². The van der Waals surface area contributed by atoms with E-state index >= 15 is 0 Å². The Morgan fingerprint density at radius 2 is 1.86 bits per heavy atom. The standard InChI is InChI=1S/C20H19ClN4O3/c1-24-16-4-2-3-5-17(16)25(20(24)28)11-18(26)22-13-8-9-14(15(21)10-13)19(27)23-12-6-7-12/h2-5,8-10,12H,6-7,11H2,1H3,(H,22,26)(H,23,27). The quantitative estimate of drug-likeness (QED) is 0.692. The number of amides is 2. The average molecular weight is 399 g/mol. The summed E-state index contributed by atoms with van der Waals surface area (Å²) in [6.07, 6.45) is 1.98. The van der Waals surface area contributed by atoms with Crippen LogP contribution >= 0.6 is 11.6 Å². The van der Waals surface area contributed by atoms with Crippen molar-refractivity contribution >= 4 is 40.1 Å². The minimum atomic E-state index is -0.357. The van der Waals surface area contributed by atoms with Crippen LogP contribution in [0.2, 0.25) is 5.02 Å². The highest BCUT2D eigenvalue weighted by atomic mass is 35.5. The molecular weight excluding hydrogens is 380 g/mol. The number of benzene rings is 2. The SMILES string of the molecule is Cn1c(=O)n(CC(=O)Nc2ccc(C(=O)NC3CC3)c(Cl)c2)c2ccccc21. The minimum absolute atomic E-state index is 0.123. The Kier molecular flexibility index (Phi) is 4.68. The van der Waals surface area contributed by atoms with Crippen molar-refractivity contribution in [3.05, 3.63) is 63.5 Å². The third kappa shape index (κ3) is 3.53. The maximum atomic E-state index is 12.5. The summed E-state index contributed by atoms with van der Waals surface area (Å²) in [6.45, 7) is -0.123. The maximum Gasteiger partial charge on any atom is 0.329 e. The number of carbonyl (C=O) groups excluding carboxylic acids is 2. The van der Waals surface area contributed by atoms with E-state index in [2.05, 4.69) is 10.6 Å². The molecule has 0 radical (unpaired) electrons. The van der Waals surface area contributed by atoms with Gasteiger partial charge >= 0.3 is 5.69 Å². The lowest BCUT2D eigenvalue weighted by atomic mass is 10.2. The first-order valence-electron chi connectivity index (χ1n) is 8.98. The molecule has 0 unspecified atom stereocenters. The van der Waals surface area contributed by atoms with Crippen LogP contribution in [0.25, 0.3) is 11.0 Å². The molecule has 7 nitrogen and oxygen atoms in total. The van der Waals surface area contributed by atoms with Crippen molar-refractivity contribution in [3.8, 4) is 0 Å². The molecule has 144 valence electrons. The minimum Gasteiger partial charge on any atom is -0.349 e. The van der Waals surface area contributed by atoms with Gasteiger partial charge < -0.3 is 10.6 Å². The highest BCUT2D eigenvalue weighted by Crippen LogP contribution is 2.24. The number of para-hydroxylation sites is 2. The van der Waals surface area contributed by atoms with Crippen LogP contribution in [-0.4, -0.2) is 27.0 Å². The summed E-state index contributed by atoms with van der Waals surface area (Å²) in [5, 5.41) is 5.87. The van der Waals surface area contributed by atoms with Crippen LogP contribution in [0.15, 0.2) is 47.3 Å². The Hall–Kier alpha value is -3.06. The lowest BCUT2D eigenvalue weighted by molar-refractivity contribution is -0.116. The van der Waals surface area contributed by atoms with E-state index in [1.165, 1.54) is 15.2 Å². The van der Waals surface area contributed by atoms with Crippen LogP contribution in [0.4, 0.5) is 5.69 Å². The number of nitrogens with zero attached hydrogens (tertiary/aromatic N) is 2. The molecule has 0 bridgehead atoms. The van der Waals surface area contributed by atoms with Gasteiger partial charge in [0.25, 0.3) is 5.91 Å². The van der Waals surface area contributed by atoms with Crippen molar-refractivity contribution in [3.63, 3.8) is 0 Å². The summed E-state index contributed by atoms with van der Waals surface area (Å²) in [5.41, 5.74) is 2.02. The monoisotopic (exact) mass is 398 g/mol. The number of carbonyl (C=O) groups is 2. The number of halogens is 1. The van der Waals surface area contributed by atoms with Crippen molar-refractivity contribution in [2.75, 3.05) is 5.32 Å². The van der Waals surface area contributed by atoms with E-state index in [4.69, 9.17) is 11.6 Å². The normalized spacial score (nSPS) is 13.5. The van der Waals surface area contributed by atoms with E-state index in [0.717, 1.165) is 18.4 Å². The summed E-state index contributed by atoms with van der Waals surface area (Å²) < 4.78 is 2.93. The zero-order valence-corrected chi connectivity index (χ0v) is 16.0. The molecule has 2 amide bonds. The van der Waals surface area contributed by atoms with Crippen LogP contribution in [0, 0.1) is 0 Å². The Morgan fingerprint density at radius 1 is 1.14 bits per heavy atom. The molecule has 8 heteroatoms. The molecule has 0 saturated heterocycles. The molecule has 3 aromatic rings. The molecule has 1 aliphatic carbocycles. The first kappa shape index (κ1) is 18.3. The lowest BCUT2D eigenvalue weighted by Gasteiger charge is -2.09. The summed E-state index contributed by atoms with van der Waals surface area (Å²) in [4.78, 5) is 37.0. The Labute approximate surface area is 165 Å². The van der Waals surface area contributed by atoms with Crippen molar-refractivity contribution in [1.82, 2.24) is 14.5 Å². The number of aryl methyl sites for hydroxylation is 1. The number of rotatable bonds is 5. The fourth-order valence-electron chi connectivity index (χ4n) is 3.13. The van der Waals surface area contributed by atoms with Gasteiger partial charge in [0, 0.05) is 18.8 Å². The molecule has 0 atom stereocenters. The third-order valence-corrected chi connectivity index (χ3v) is 5.08. The lowest BCUT2D eigenvalue weighted by Crippen LogP contribution is -2.28. The molecule has 1 saturated carbocycles. The van der Waals surface area contributed by atoms with E-state index in [1.54, 1.807) is 25.2 Å². The van der Waals surface area contributed by atoms with Gasteiger partial charge in [-0.1, -0.05) is 23.7 Å². The van der Waals surface area contributed by atoms with Gasteiger partial charge in [-0.3, -0.25) is 18.7 Å². The molecule has 0 spiro atoms. The molecule has 1 fully saturated rings. The van der Waals surface area contributed by atoms with Crippen molar-refractivity contribution < 1.29 is 9.59 Å².